The van der Waals surface area contributed by atoms with Gasteiger partial charge in [-0.3, -0.25) is 14.9 Å². The van der Waals surface area contributed by atoms with Gasteiger partial charge in [-0.1, -0.05) is 0 Å². The number of hydrogen-bond acceptors (Lipinski definition) is 5. The van der Waals surface area contributed by atoms with E-state index in [1.165, 1.54) is 6.07 Å². The van der Waals surface area contributed by atoms with Crippen molar-refractivity contribution in [3.8, 4) is 0 Å². The number of rotatable bonds is 6. The Bertz CT molecular complexity index is 554. The fourth-order valence-electron chi connectivity index (χ4n) is 2.90. The minimum Gasteiger partial charge on any atom is -0.366 e. The lowest BCUT2D eigenvalue weighted by molar-refractivity contribution is -0.384. The van der Waals surface area contributed by atoms with Crippen molar-refractivity contribution in [3.05, 3.63) is 33.9 Å². The molecule has 22 heavy (non-hydrogen) atoms. The molecule has 3 N–H and O–H groups in total. The van der Waals surface area contributed by atoms with Gasteiger partial charge in [0.15, 0.2) is 0 Å². The van der Waals surface area contributed by atoms with E-state index < -0.39 is 10.8 Å². The highest BCUT2D eigenvalue weighted by molar-refractivity contribution is 5.94. The highest BCUT2D eigenvalue weighted by atomic mass is 16.6. The summed E-state index contributed by atoms with van der Waals surface area (Å²) in [4.78, 5) is 24.0. The minimum absolute atomic E-state index is 0.0509. The first-order valence-corrected chi connectivity index (χ1v) is 7.50. The van der Waals surface area contributed by atoms with Gasteiger partial charge in [0.25, 0.3) is 5.69 Å². The monoisotopic (exact) mass is 306 g/mol. The molecule has 0 aromatic heterocycles. The minimum atomic E-state index is -0.652. The highest BCUT2D eigenvalue weighted by Crippen LogP contribution is 2.32. The second-order valence-corrected chi connectivity index (χ2v) is 5.65. The normalized spacial score (nSPS) is 15.8. The first-order chi connectivity index (χ1) is 10.5. The van der Waals surface area contributed by atoms with Crippen LogP contribution in [0.2, 0.25) is 0 Å². The van der Waals surface area contributed by atoms with Crippen molar-refractivity contribution >= 4 is 17.3 Å². The van der Waals surface area contributed by atoms with Gasteiger partial charge < -0.3 is 16.0 Å². The van der Waals surface area contributed by atoms with Gasteiger partial charge in [-0.2, -0.15) is 0 Å². The zero-order chi connectivity index (χ0) is 16.1. The molecule has 0 unspecified atom stereocenters. The molecule has 120 valence electrons. The van der Waals surface area contributed by atoms with Crippen LogP contribution in [-0.4, -0.2) is 37.5 Å². The van der Waals surface area contributed by atoms with E-state index in [-0.39, 0.29) is 11.3 Å². The van der Waals surface area contributed by atoms with Crippen molar-refractivity contribution < 1.29 is 9.72 Å². The summed E-state index contributed by atoms with van der Waals surface area (Å²) in [6.07, 6.45) is 3.18. The topological polar surface area (TPSA) is 102 Å². The van der Waals surface area contributed by atoms with E-state index in [9.17, 15) is 14.9 Å². The quantitative estimate of drug-likeness (QED) is 0.613. The fourth-order valence-corrected chi connectivity index (χ4v) is 2.90. The molecule has 0 atom stereocenters. The van der Waals surface area contributed by atoms with Gasteiger partial charge in [0.1, 0.15) is 5.69 Å². The molecule has 1 saturated heterocycles. The maximum Gasteiger partial charge on any atom is 0.293 e. The van der Waals surface area contributed by atoms with Gasteiger partial charge in [-0.25, -0.2) is 0 Å². The number of benzene rings is 1. The Morgan fingerprint density at radius 1 is 1.45 bits per heavy atom. The summed E-state index contributed by atoms with van der Waals surface area (Å²) in [5, 5.41) is 14.4. The molecular weight excluding hydrogens is 284 g/mol. The van der Waals surface area contributed by atoms with Crippen LogP contribution in [0.5, 0.6) is 0 Å². The molecule has 7 nitrogen and oxygen atoms in total. The number of primary amides is 1. The summed E-state index contributed by atoms with van der Waals surface area (Å²) >= 11 is 0. The van der Waals surface area contributed by atoms with Crippen LogP contribution < -0.4 is 16.0 Å². The number of hydrogen-bond donors (Lipinski definition) is 2. The Morgan fingerprint density at radius 2 is 2.14 bits per heavy atom. The number of nitrogens with zero attached hydrogens (tertiary/aromatic N) is 2. The second-order valence-electron chi connectivity index (χ2n) is 5.65. The van der Waals surface area contributed by atoms with Gasteiger partial charge in [0, 0.05) is 24.7 Å². The third-order valence-electron chi connectivity index (χ3n) is 4.21. The molecule has 0 saturated carbocycles. The summed E-state index contributed by atoms with van der Waals surface area (Å²) < 4.78 is 0. The van der Waals surface area contributed by atoms with Crippen molar-refractivity contribution in [2.75, 3.05) is 31.6 Å². The molecule has 1 aromatic carbocycles. The Labute approximate surface area is 129 Å². The fraction of sp³-hybridized carbons (Fsp3) is 0.533. The van der Waals surface area contributed by atoms with Gasteiger partial charge >= 0.3 is 0 Å². The zero-order valence-electron chi connectivity index (χ0n) is 12.7. The average Bonchev–Trinajstić information content (AvgIpc) is 2.52. The molecule has 1 aliphatic rings. The average molecular weight is 306 g/mol. The lowest BCUT2D eigenvalue weighted by atomic mass is 9.93. The van der Waals surface area contributed by atoms with E-state index in [0.717, 1.165) is 38.9 Å². The SMILES string of the molecule is CNCCC1CCN(c2ccc(C(N)=O)cc2[N+](=O)[O-])CC1. The number of amides is 1. The number of nitro groups is 1. The molecule has 1 aromatic rings. The zero-order valence-corrected chi connectivity index (χ0v) is 12.7. The number of carbonyl (C=O) groups is 1. The standard InChI is InChI=1S/C15H22N4O3/c1-17-7-4-11-5-8-18(9-6-11)13-3-2-12(15(16)20)10-14(13)19(21)22/h2-3,10-11,17H,4-9H2,1H3,(H2,16,20). The molecule has 0 aliphatic carbocycles. The van der Waals surface area contributed by atoms with Crippen LogP contribution >= 0.6 is 0 Å². The molecular formula is C15H22N4O3. The number of piperidine rings is 1. The van der Waals surface area contributed by atoms with Crippen molar-refractivity contribution in [3.63, 3.8) is 0 Å². The molecule has 0 spiro atoms. The summed E-state index contributed by atoms with van der Waals surface area (Å²) in [5.41, 5.74) is 5.88. The van der Waals surface area contributed by atoms with Crippen molar-refractivity contribution in [1.82, 2.24) is 5.32 Å². The van der Waals surface area contributed by atoms with Crippen LogP contribution in [0, 0.1) is 16.0 Å². The maximum atomic E-state index is 11.3. The van der Waals surface area contributed by atoms with Crippen LogP contribution in [0.15, 0.2) is 18.2 Å². The van der Waals surface area contributed by atoms with Crippen molar-refractivity contribution in [2.45, 2.75) is 19.3 Å². The van der Waals surface area contributed by atoms with Crippen LogP contribution in [0.1, 0.15) is 29.6 Å². The molecule has 7 heteroatoms. The van der Waals surface area contributed by atoms with E-state index >= 15 is 0 Å². The number of nitrogens with two attached hydrogens (primary N) is 1. The molecule has 0 radical (unpaired) electrons. The molecule has 1 aliphatic heterocycles. The van der Waals surface area contributed by atoms with Crippen molar-refractivity contribution in [1.29, 1.82) is 0 Å². The van der Waals surface area contributed by atoms with E-state index in [0.29, 0.717) is 11.6 Å². The summed E-state index contributed by atoms with van der Waals surface area (Å²) in [7, 11) is 1.94. The van der Waals surface area contributed by atoms with Crippen LogP contribution in [0.3, 0.4) is 0 Å². The van der Waals surface area contributed by atoms with Crippen molar-refractivity contribution in [2.24, 2.45) is 11.7 Å². The summed E-state index contributed by atoms with van der Waals surface area (Å²) in [5.74, 6) is 0.00747. The maximum absolute atomic E-state index is 11.3. The lowest BCUT2D eigenvalue weighted by Gasteiger charge is -2.33. The predicted octanol–water partition coefficient (Wildman–Crippen LogP) is 1.52. The van der Waals surface area contributed by atoms with Gasteiger partial charge in [0.05, 0.1) is 4.92 Å². The summed E-state index contributed by atoms with van der Waals surface area (Å²) in [6, 6.07) is 4.45. The third-order valence-corrected chi connectivity index (χ3v) is 4.21. The van der Waals surface area contributed by atoms with Crippen LogP contribution in [-0.2, 0) is 0 Å². The van der Waals surface area contributed by atoms with Crippen LogP contribution in [0.4, 0.5) is 11.4 Å². The van der Waals surface area contributed by atoms with E-state index in [4.69, 9.17) is 5.73 Å². The first-order valence-electron chi connectivity index (χ1n) is 7.50. The van der Waals surface area contributed by atoms with E-state index in [1.807, 2.05) is 11.9 Å². The second kappa shape index (κ2) is 7.22. The smallest absolute Gasteiger partial charge is 0.293 e. The summed E-state index contributed by atoms with van der Waals surface area (Å²) in [6.45, 7) is 2.59. The predicted molar refractivity (Wildman–Crippen MR) is 85.1 cm³/mol. The Hall–Kier alpha value is -2.15. The Kier molecular flexibility index (Phi) is 5.32. The van der Waals surface area contributed by atoms with Gasteiger partial charge in [-0.15, -0.1) is 0 Å². The van der Waals surface area contributed by atoms with Gasteiger partial charge in [0.2, 0.25) is 5.91 Å². The molecule has 0 bridgehead atoms. The highest BCUT2D eigenvalue weighted by Gasteiger charge is 2.25. The Balaban J connectivity index is 2.12. The third kappa shape index (κ3) is 3.73. The van der Waals surface area contributed by atoms with E-state index in [2.05, 4.69) is 5.32 Å². The number of nitrogens with one attached hydrogen (secondary N) is 1. The molecule has 2 rings (SSSR count). The molecule has 1 fully saturated rings. The Morgan fingerprint density at radius 3 is 2.68 bits per heavy atom. The number of anilines is 1. The lowest BCUT2D eigenvalue weighted by Crippen LogP contribution is -2.35. The van der Waals surface area contributed by atoms with Crippen LogP contribution in [0.25, 0.3) is 0 Å². The first kappa shape index (κ1) is 16.2. The van der Waals surface area contributed by atoms with Gasteiger partial charge in [-0.05, 0) is 50.9 Å². The number of nitro benzene ring substituents is 1. The molecule has 1 amide bonds. The number of carbonyl (C=O) groups excluding carboxylic acids is 1. The largest absolute Gasteiger partial charge is 0.366 e. The molecule has 1 heterocycles. The van der Waals surface area contributed by atoms with E-state index in [1.54, 1.807) is 12.1 Å².